The minimum atomic E-state index is -0.388. The highest BCUT2D eigenvalue weighted by molar-refractivity contribution is 5.94. The van der Waals surface area contributed by atoms with Gasteiger partial charge in [-0.15, -0.1) is 0 Å². The summed E-state index contributed by atoms with van der Waals surface area (Å²) in [6.07, 6.45) is 3.65. The highest BCUT2D eigenvalue weighted by Gasteiger charge is 2.28. The zero-order valence-electron chi connectivity index (χ0n) is 14.0. The van der Waals surface area contributed by atoms with Crippen LogP contribution in [0.2, 0.25) is 0 Å². The number of likely N-dealkylation sites (tertiary alicyclic amines) is 1. The number of aryl methyl sites for hydroxylation is 1. The number of halogens is 1. The van der Waals surface area contributed by atoms with Crippen molar-refractivity contribution in [3.63, 3.8) is 0 Å². The summed E-state index contributed by atoms with van der Waals surface area (Å²) in [7, 11) is 1.89. The fraction of sp³-hybridized carbons (Fsp3) is 0.316. The molecule has 1 aliphatic rings. The first-order valence-electron chi connectivity index (χ1n) is 8.46. The molecule has 0 unspecified atom stereocenters. The van der Waals surface area contributed by atoms with E-state index >= 15 is 0 Å². The number of benzene rings is 1. The first-order chi connectivity index (χ1) is 12.1. The second kappa shape index (κ2) is 6.27. The van der Waals surface area contributed by atoms with Gasteiger partial charge in [0.1, 0.15) is 5.82 Å². The number of hydrogen-bond acceptors (Lipinski definition) is 3. The van der Waals surface area contributed by atoms with Crippen molar-refractivity contribution in [2.75, 3.05) is 13.1 Å². The monoisotopic (exact) mass is 338 g/mol. The van der Waals surface area contributed by atoms with Crippen LogP contribution in [0.3, 0.4) is 0 Å². The number of aromatic nitrogens is 3. The van der Waals surface area contributed by atoms with Crippen molar-refractivity contribution in [3.8, 4) is 0 Å². The Bertz CT molecular complexity index is 936. The van der Waals surface area contributed by atoms with Crippen LogP contribution in [-0.4, -0.2) is 38.7 Å². The van der Waals surface area contributed by atoms with Gasteiger partial charge in [0, 0.05) is 43.2 Å². The summed E-state index contributed by atoms with van der Waals surface area (Å²) in [5, 5.41) is 5.69. The summed E-state index contributed by atoms with van der Waals surface area (Å²) in [6.45, 7) is 1.28. The summed E-state index contributed by atoms with van der Waals surface area (Å²) >= 11 is 0. The van der Waals surface area contributed by atoms with Gasteiger partial charge in [-0.05, 0) is 43.2 Å². The van der Waals surface area contributed by atoms with E-state index in [9.17, 15) is 9.18 Å². The molecular formula is C19H19FN4O. The summed E-state index contributed by atoms with van der Waals surface area (Å²) in [4.78, 5) is 18.9. The number of amides is 1. The molecule has 1 fully saturated rings. The maximum absolute atomic E-state index is 13.4. The molecule has 3 aromatic rings. The van der Waals surface area contributed by atoms with Gasteiger partial charge < -0.3 is 4.90 Å². The van der Waals surface area contributed by atoms with Crippen LogP contribution in [0.25, 0.3) is 11.0 Å². The Morgan fingerprint density at radius 3 is 3.00 bits per heavy atom. The van der Waals surface area contributed by atoms with Crippen LogP contribution in [-0.2, 0) is 7.05 Å². The van der Waals surface area contributed by atoms with Crippen molar-refractivity contribution in [1.82, 2.24) is 19.7 Å². The average Bonchev–Trinajstić information content (AvgIpc) is 2.98. The van der Waals surface area contributed by atoms with Gasteiger partial charge in [0.2, 0.25) is 0 Å². The number of carbonyl (C=O) groups is 1. The minimum Gasteiger partial charge on any atom is -0.338 e. The molecule has 1 amide bonds. The van der Waals surface area contributed by atoms with Crippen LogP contribution in [0.4, 0.5) is 4.39 Å². The molecule has 2 aromatic heterocycles. The predicted molar refractivity (Wildman–Crippen MR) is 92.8 cm³/mol. The lowest BCUT2D eigenvalue weighted by atomic mass is 9.93. The zero-order chi connectivity index (χ0) is 17.4. The highest BCUT2D eigenvalue weighted by atomic mass is 19.1. The van der Waals surface area contributed by atoms with Crippen LogP contribution < -0.4 is 0 Å². The van der Waals surface area contributed by atoms with E-state index in [0.717, 1.165) is 29.6 Å². The highest BCUT2D eigenvalue weighted by Crippen LogP contribution is 2.31. The number of fused-ring (bicyclic) bond motifs is 1. The summed E-state index contributed by atoms with van der Waals surface area (Å²) in [5.41, 5.74) is 2.24. The molecule has 0 saturated carbocycles. The van der Waals surface area contributed by atoms with Crippen LogP contribution in [0.1, 0.15) is 34.8 Å². The lowest BCUT2D eigenvalue weighted by molar-refractivity contribution is 0.0705. The van der Waals surface area contributed by atoms with Gasteiger partial charge in [-0.3, -0.25) is 9.48 Å². The fourth-order valence-electron chi connectivity index (χ4n) is 3.61. The Morgan fingerprint density at radius 2 is 2.16 bits per heavy atom. The Labute approximate surface area is 145 Å². The topological polar surface area (TPSA) is 51.0 Å². The van der Waals surface area contributed by atoms with E-state index in [1.165, 1.54) is 12.1 Å². The summed E-state index contributed by atoms with van der Waals surface area (Å²) in [5.74, 6) is -0.345. The van der Waals surface area contributed by atoms with Crippen molar-refractivity contribution in [2.24, 2.45) is 7.05 Å². The SMILES string of the molecule is Cn1nc([C@@H]2CCCN(C(=O)c3cccc(F)c3)C2)c2cccnc21. The van der Waals surface area contributed by atoms with E-state index in [4.69, 9.17) is 0 Å². The normalized spacial score (nSPS) is 17.8. The van der Waals surface area contributed by atoms with Gasteiger partial charge in [-0.25, -0.2) is 9.37 Å². The molecule has 1 aliphatic heterocycles. The molecule has 1 atom stereocenters. The number of nitrogens with zero attached hydrogens (tertiary/aromatic N) is 4. The molecule has 0 spiro atoms. The molecule has 0 radical (unpaired) electrons. The summed E-state index contributed by atoms with van der Waals surface area (Å²) < 4.78 is 15.2. The molecule has 0 aliphatic carbocycles. The second-order valence-electron chi connectivity index (χ2n) is 6.48. The molecule has 25 heavy (non-hydrogen) atoms. The molecule has 1 saturated heterocycles. The summed E-state index contributed by atoms with van der Waals surface area (Å²) in [6, 6.07) is 9.82. The Hall–Kier alpha value is -2.76. The van der Waals surface area contributed by atoms with E-state index < -0.39 is 0 Å². The van der Waals surface area contributed by atoms with Gasteiger partial charge in [0.05, 0.1) is 5.69 Å². The van der Waals surface area contributed by atoms with Gasteiger partial charge in [0.25, 0.3) is 5.91 Å². The largest absolute Gasteiger partial charge is 0.338 e. The van der Waals surface area contributed by atoms with Crippen molar-refractivity contribution in [2.45, 2.75) is 18.8 Å². The first kappa shape index (κ1) is 15.7. The maximum atomic E-state index is 13.4. The van der Waals surface area contributed by atoms with E-state index in [-0.39, 0.29) is 17.6 Å². The van der Waals surface area contributed by atoms with E-state index in [2.05, 4.69) is 10.1 Å². The van der Waals surface area contributed by atoms with Gasteiger partial charge in [-0.1, -0.05) is 6.07 Å². The van der Waals surface area contributed by atoms with Gasteiger partial charge in [0.15, 0.2) is 5.65 Å². The van der Waals surface area contributed by atoms with E-state index in [0.29, 0.717) is 18.7 Å². The molecule has 3 heterocycles. The number of pyridine rings is 1. The fourth-order valence-corrected chi connectivity index (χ4v) is 3.61. The van der Waals surface area contributed by atoms with Crippen molar-refractivity contribution >= 4 is 16.9 Å². The number of hydrogen-bond donors (Lipinski definition) is 0. The lowest BCUT2D eigenvalue weighted by Crippen LogP contribution is -2.39. The third kappa shape index (κ3) is 2.88. The van der Waals surface area contributed by atoms with Crippen LogP contribution in [0.5, 0.6) is 0 Å². The standard InChI is InChI=1S/C19H19FN4O/c1-23-18-16(8-3-9-21-18)17(22-23)14-6-4-10-24(12-14)19(25)13-5-2-7-15(20)11-13/h2-3,5,7-9,11,14H,4,6,10,12H2,1H3/t14-/m1/s1. The van der Waals surface area contributed by atoms with E-state index in [1.807, 2.05) is 19.2 Å². The van der Waals surface area contributed by atoms with Crippen molar-refractivity contribution in [1.29, 1.82) is 0 Å². The molecule has 4 rings (SSSR count). The number of rotatable bonds is 2. The molecular weight excluding hydrogens is 319 g/mol. The van der Waals surface area contributed by atoms with Crippen LogP contribution >= 0.6 is 0 Å². The molecule has 128 valence electrons. The zero-order valence-corrected chi connectivity index (χ0v) is 14.0. The first-order valence-corrected chi connectivity index (χ1v) is 8.46. The number of carbonyl (C=O) groups excluding carboxylic acids is 1. The van der Waals surface area contributed by atoms with Gasteiger partial charge in [-0.2, -0.15) is 5.10 Å². The third-order valence-corrected chi connectivity index (χ3v) is 4.79. The van der Waals surface area contributed by atoms with Crippen LogP contribution in [0.15, 0.2) is 42.6 Å². The minimum absolute atomic E-state index is 0.123. The maximum Gasteiger partial charge on any atom is 0.253 e. The number of piperidine rings is 1. The molecule has 1 aromatic carbocycles. The molecule has 0 N–H and O–H groups in total. The quantitative estimate of drug-likeness (QED) is 0.721. The van der Waals surface area contributed by atoms with Crippen molar-refractivity contribution < 1.29 is 9.18 Å². The lowest BCUT2D eigenvalue weighted by Gasteiger charge is -2.32. The van der Waals surface area contributed by atoms with Gasteiger partial charge >= 0.3 is 0 Å². The predicted octanol–water partition coefficient (Wildman–Crippen LogP) is 3.13. The molecule has 0 bridgehead atoms. The third-order valence-electron chi connectivity index (χ3n) is 4.79. The molecule has 5 nitrogen and oxygen atoms in total. The second-order valence-corrected chi connectivity index (χ2v) is 6.48. The smallest absolute Gasteiger partial charge is 0.253 e. The van der Waals surface area contributed by atoms with Crippen LogP contribution in [0, 0.1) is 5.82 Å². The molecule has 6 heteroatoms. The van der Waals surface area contributed by atoms with E-state index in [1.54, 1.807) is 27.9 Å². The Kier molecular flexibility index (Phi) is 3.95. The Balaban J connectivity index is 1.61. The average molecular weight is 338 g/mol. The Morgan fingerprint density at radius 1 is 1.28 bits per heavy atom. The van der Waals surface area contributed by atoms with Crippen molar-refractivity contribution in [3.05, 3.63) is 59.7 Å².